The fourth-order valence-electron chi connectivity index (χ4n) is 3.51. The highest BCUT2D eigenvalue weighted by Crippen LogP contribution is 2.37. The minimum Gasteiger partial charge on any atom is -0.299 e. The monoisotopic (exact) mass is 312 g/mol. The molecule has 0 amide bonds. The third-order valence-electron chi connectivity index (χ3n) is 4.63. The molecule has 1 aromatic rings. The van der Waals surface area contributed by atoms with Gasteiger partial charge in [0, 0.05) is 33.6 Å². The van der Waals surface area contributed by atoms with Gasteiger partial charge in [-0.2, -0.15) is 0 Å². The van der Waals surface area contributed by atoms with Crippen molar-refractivity contribution in [1.29, 1.82) is 0 Å². The van der Waals surface area contributed by atoms with E-state index in [-0.39, 0.29) is 34.2 Å². The van der Waals surface area contributed by atoms with E-state index in [1.54, 1.807) is 0 Å². The first-order valence-electron chi connectivity index (χ1n) is 7.40. The Hall–Kier alpha value is -1.10. The molecule has 3 rings (SSSR count). The van der Waals surface area contributed by atoms with Gasteiger partial charge in [0.15, 0.2) is 0 Å². The maximum Gasteiger partial charge on any atom is 0.140 e. The summed E-state index contributed by atoms with van der Waals surface area (Å²) in [7, 11) is -0.814. The molecule has 2 aliphatic rings. The van der Waals surface area contributed by atoms with E-state index in [1.807, 2.05) is 0 Å². The Kier molecular flexibility index (Phi) is 4.20. The average molecular weight is 312 g/mol. The van der Waals surface area contributed by atoms with Crippen LogP contribution in [0, 0.1) is 17.6 Å². The lowest BCUT2D eigenvalue weighted by Crippen LogP contribution is -2.41. The van der Waals surface area contributed by atoms with Gasteiger partial charge in [-0.05, 0) is 49.4 Å². The molecule has 2 fully saturated rings. The highest BCUT2D eigenvalue weighted by molar-refractivity contribution is 7.86. The van der Waals surface area contributed by atoms with Crippen LogP contribution >= 0.6 is 0 Å². The van der Waals surface area contributed by atoms with Crippen molar-refractivity contribution in [2.45, 2.75) is 49.0 Å². The van der Waals surface area contributed by atoms with Crippen LogP contribution in [0.2, 0.25) is 0 Å². The molecule has 0 N–H and O–H groups in total. The molecular weight excluding hydrogens is 294 g/mol. The highest BCUT2D eigenvalue weighted by Gasteiger charge is 2.40. The molecule has 2 bridgehead atoms. The first-order chi connectivity index (χ1) is 10.0. The Bertz CT molecular complexity index is 572. The molecule has 2 aliphatic heterocycles. The Morgan fingerprint density at radius 2 is 1.86 bits per heavy atom. The Morgan fingerprint density at radius 3 is 2.52 bits per heavy atom. The second kappa shape index (κ2) is 5.95. The lowest BCUT2D eigenvalue weighted by atomic mass is 9.85. The Labute approximate surface area is 125 Å². The van der Waals surface area contributed by atoms with Crippen molar-refractivity contribution in [3.63, 3.8) is 0 Å². The summed E-state index contributed by atoms with van der Waals surface area (Å²) in [6.45, 7) is 0. The summed E-state index contributed by atoms with van der Waals surface area (Å²) in [5.41, 5.74) is 0.122. The largest absolute Gasteiger partial charge is 0.299 e. The third kappa shape index (κ3) is 3.07. The van der Waals surface area contributed by atoms with Gasteiger partial charge >= 0.3 is 0 Å². The lowest BCUT2D eigenvalue weighted by molar-refractivity contribution is -0.122. The van der Waals surface area contributed by atoms with Crippen LogP contribution in [0.15, 0.2) is 18.2 Å². The molecule has 0 saturated carbocycles. The Morgan fingerprint density at radius 1 is 1.19 bits per heavy atom. The van der Waals surface area contributed by atoms with Crippen LogP contribution in [0.5, 0.6) is 0 Å². The van der Waals surface area contributed by atoms with Crippen molar-refractivity contribution in [2.75, 3.05) is 0 Å². The second-order valence-electron chi connectivity index (χ2n) is 6.05. The number of hydrogen-bond donors (Lipinski definition) is 0. The first-order valence-corrected chi connectivity index (χ1v) is 8.68. The number of Topliss-reactive ketones (excluding diaryl/α,β-unsaturated/α-hetero) is 1. The van der Waals surface area contributed by atoms with Crippen molar-refractivity contribution in [2.24, 2.45) is 5.92 Å². The number of fused-ring (bicyclic) bond motifs is 2. The number of carbonyl (C=O) groups is 1. The molecule has 5 heteroatoms. The summed E-state index contributed by atoms with van der Waals surface area (Å²) < 4.78 is 38.9. The molecule has 0 aromatic heterocycles. The summed E-state index contributed by atoms with van der Waals surface area (Å²) in [6, 6.07) is 3.20. The van der Waals surface area contributed by atoms with Crippen molar-refractivity contribution >= 4 is 16.6 Å². The van der Waals surface area contributed by atoms with E-state index in [0.717, 1.165) is 37.5 Å². The number of ketones is 1. The standard InChI is InChI=1S/C16H18F2O2S/c17-12-4-5-15(18)10(6-12)9-16(19)11-7-13-2-1-3-14(8-11)21(13)20/h4-6,11,13-14H,1-3,7-9H2. The fourth-order valence-corrected chi connectivity index (χ4v) is 5.69. The zero-order valence-corrected chi connectivity index (χ0v) is 12.5. The van der Waals surface area contributed by atoms with Crippen LogP contribution in [0.25, 0.3) is 0 Å². The van der Waals surface area contributed by atoms with Crippen molar-refractivity contribution in [1.82, 2.24) is 0 Å². The summed E-state index contributed by atoms with van der Waals surface area (Å²) in [5, 5.41) is 0.229. The fraction of sp³-hybridized carbons (Fsp3) is 0.562. The quantitative estimate of drug-likeness (QED) is 0.859. The topological polar surface area (TPSA) is 34.1 Å². The van der Waals surface area contributed by atoms with Gasteiger partial charge in [0.25, 0.3) is 0 Å². The zero-order valence-electron chi connectivity index (χ0n) is 11.7. The van der Waals surface area contributed by atoms with Crippen LogP contribution in [-0.2, 0) is 22.0 Å². The SMILES string of the molecule is O=C(Cc1cc(F)ccc1F)C1CC2CCCC(C1)S2=O. The van der Waals surface area contributed by atoms with E-state index in [0.29, 0.717) is 12.8 Å². The van der Waals surface area contributed by atoms with Gasteiger partial charge in [-0.15, -0.1) is 0 Å². The van der Waals surface area contributed by atoms with Crippen LogP contribution in [0.3, 0.4) is 0 Å². The molecule has 0 spiro atoms. The lowest BCUT2D eigenvalue weighted by Gasteiger charge is -2.37. The predicted octanol–water partition coefficient (Wildman–Crippen LogP) is 3.16. The van der Waals surface area contributed by atoms with Crippen LogP contribution < -0.4 is 0 Å². The maximum absolute atomic E-state index is 13.6. The van der Waals surface area contributed by atoms with Crippen molar-refractivity contribution < 1.29 is 17.8 Å². The Balaban J connectivity index is 1.71. The highest BCUT2D eigenvalue weighted by atomic mass is 32.2. The number of benzene rings is 1. The van der Waals surface area contributed by atoms with E-state index >= 15 is 0 Å². The first kappa shape index (κ1) is 14.8. The molecule has 0 aliphatic carbocycles. The molecule has 1 aromatic carbocycles. The number of halogens is 2. The van der Waals surface area contributed by atoms with E-state index in [2.05, 4.69) is 0 Å². The van der Waals surface area contributed by atoms with Gasteiger partial charge in [0.1, 0.15) is 17.4 Å². The van der Waals surface area contributed by atoms with Crippen LogP contribution in [0.1, 0.15) is 37.7 Å². The summed E-state index contributed by atoms with van der Waals surface area (Å²) in [4.78, 5) is 12.4. The van der Waals surface area contributed by atoms with Gasteiger partial charge in [-0.3, -0.25) is 9.00 Å². The third-order valence-corrected chi connectivity index (χ3v) is 6.80. The summed E-state index contributed by atoms with van der Waals surface area (Å²) in [5.74, 6) is -1.26. The second-order valence-corrected chi connectivity index (χ2v) is 8.04. The molecule has 114 valence electrons. The number of rotatable bonds is 3. The number of hydrogen-bond acceptors (Lipinski definition) is 2. The van der Waals surface area contributed by atoms with E-state index in [4.69, 9.17) is 0 Å². The predicted molar refractivity (Wildman–Crippen MR) is 77.4 cm³/mol. The maximum atomic E-state index is 13.6. The van der Waals surface area contributed by atoms with E-state index in [1.165, 1.54) is 0 Å². The molecule has 21 heavy (non-hydrogen) atoms. The minimum atomic E-state index is -0.814. The van der Waals surface area contributed by atoms with Gasteiger partial charge in [0.05, 0.1) is 0 Å². The summed E-state index contributed by atoms with van der Waals surface area (Å²) >= 11 is 0. The molecule has 2 heterocycles. The minimum absolute atomic E-state index is 0.0481. The van der Waals surface area contributed by atoms with Crippen LogP contribution in [-0.4, -0.2) is 20.5 Å². The molecule has 2 nitrogen and oxygen atoms in total. The van der Waals surface area contributed by atoms with Gasteiger partial charge in [0.2, 0.25) is 0 Å². The van der Waals surface area contributed by atoms with E-state index in [9.17, 15) is 17.8 Å². The van der Waals surface area contributed by atoms with Gasteiger partial charge < -0.3 is 0 Å². The van der Waals surface area contributed by atoms with Gasteiger partial charge in [-0.25, -0.2) is 8.78 Å². The normalized spacial score (nSPS) is 31.9. The van der Waals surface area contributed by atoms with Crippen molar-refractivity contribution in [3.05, 3.63) is 35.4 Å². The van der Waals surface area contributed by atoms with E-state index < -0.39 is 22.4 Å². The molecule has 2 saturated heterocycles. The van der Waals surface area contributed by atoms with Crippen molar-refractivity contribution in [3.8, 4) is 0 Å². The molecule has 2 atom stereocenters. The molecule has 0 radical (unpaired) electrons. The smallest absolute Gasteiger partial charge is 0.140 e. The van der Waals surface area contributed by atoms with Gasteiger partial charge in [-0.1, -0.05) is 6.42 Å². The number of carbonyl (C=O) groups excluding carboxylic acids is 1. The average Bonchev–Trinajstić information content (AvgIpc) is 2.42. The molecule has 2 unspecified atom stereocenters. The zero-order chi connectivity index (χ0) is 15.0. The summed E-state index contributed by atoms with van der Waals surface area (Å²) in [6.07, 6.45) is 4.13. The molecular formula is C16H18F2O2S. The van der Waals surface area contributed by atoms with Crippen LogP contribution in [0.4, 0.5) is 8.78 Å².